The monoisotopic (exact) mass is 341 g/mol. The fourth-order valence-corrected chi connectivity index (χ4v) is 2.75. The number of hydrogen-bond acceptors (Lipinski definition) is 5. The number of halogens is 2. The minimum absolute atomic E-state index is 0.0566. The molecule has 1 aromatic heterocycles. The summed E-state index contributed by atoms with van der Waals surface area (Å²) in [6, 6.07) is 3.35. The van der Waals surface area contributed by atoms with E-state index in [0.717, 1.165) is 18.4 Å². The van der Waals surface area contributed by atoms with Crippen LogP contribution in [0.2, 0.25) is 10.0 Å². The molecule has 0 bridgehead atoms. The number of tetrazole rings is 1. The number of carbonyl (C=O) groups is 1. The smallest absolute Gasteiger partial charge is 0.242 e. The molecule has 9 heteroatoms. The van der Waals surface area contributed by atoms with E-state index in [2.05, 4.69) is 20.8 Å². The summed E-state index contributed by atoms with van der Waals surface area (Å²) in [6.07, 6.45) is 2.95. The largest absolute Gasteiger partial charge is 0.492 e. The topological polar surface area (TPSA) is 81.9 Å². The van der Waals surface area contributed by atoms with Crippen LogP contribution in [0.25, 0.3) is 0 Å². The molecule has 2 heterocycles. The number of amides is 1. The molecule has 0 aliphatic carbocycles. The fourth-order valence-electron chi connectivity index (χ4n) is 2.38. The first kappa shape index (κ1) is 15.1. The van der Waals surface area contributed by atoms with Gasteiger partial charge in [-0.05, 0) is 29.3 Å². The molecule has 1 amide bonds. The molecule has 0 radical (unpaired) electrons. The molecule has 1 aliphatic heterocycles. The summed E-state index contributed by atoms with van der Waals surface area (Å²) in [5, 5.41) is 14.4. The Morgan fingerprint density at radius 2 is 2.32 bits per heavy atom. The molecule has 22 heavy (non-hydrogen) atoms. The molecule has 0 saturated heterocycles. The summed E-state index contributed by atoms with van der Waals surface area (Å²) < 4.78 is 7.03. The number of aromatic nitrogens is 4. The lowest BCUT2D eigenvalue weighted by atomic mass is 10.0. The minimum Gasteiger partial charge on any atom is -0.492 e. The molecule has 0 fully saturated rings. The van der Waals surface area contributed by atoms with Crippen molar-refractivity contribution in [3.63, 3.8) is 0 Å². The van der Waals surface area contributed by atoms with Gasteiger partial charge in [0.05, 0.1) is 17.7 Å². The van der Waals surface area contributed by atoms with Crippen molar-refractivity contribution in [3.05, 3.63) is 34.1 Å². The number of benzene rings is 1. The van der Waals surface area contributed by atoms with Gasteiger partial charge < -0.3 is 10.1 Å². The maximum Gasteiger partial charge on any atom is 0.242 e. The van der Waals surface area contributed by atoms with E-state index in [1.165, 1.54) is 11.0 Å². The zero-order valence-electron chi connectivity index (χ0n) is 11.5. The lowest BCUT2D eigenvalue weighted by molar-refractivity contribution is -0.122. The standard InChI is InChI=1S/C13H13Cl2N5O2/c14-9-4-3-8-10(2-1-5-22-13(8)12(9)15)17-11(21)6-20-7-16-18-19-20/h3-4,7,10H,1-2,5-6H2,(H,17,21)/t10-/m1/s1. The summed E-state index contributed by atoms with van der Waals surface area (Å²) in [4.78, 5) is 12.1. The molecule has 0 spiro atoms. The van der Waals surface area contributed by atoms with Crippen LogP contribution in [-0.4, -0.2) is 32.7 Å². The lowest BCUT2D eigenvalue weighted by Gasteiger charge is -2.19. The van der Waals surface area contributed by atoms with Crippen molar-refractivity contribution < 1.29 is 9.53 Å². The zero-order valence-corrected chi connectivity index (χ0v) is 13.0. The summed E-state index contributed by atoms with van der Waals surface area (Å²) in [5.74, 6) is 0.357. The average molecular weight is 342 g/mol. The fraction of sp³-hybridized carbons (Fsp3) is 0.385. The quantitative estimate of drug-likeness (QED) is 0.923. The Morgan fingerprint density at radius 3 is 3.09 bits per heavy atom. The van der Waals surface area contributed by atoms with Gasteiger partial charge in [0.15, 0.2) is 0 Å². The molecule has 0 saturated carbocycles. The lowest BCUT2D eigenvalue weighted by Crippen LogP contribution is -2.31. The van der Waals surface area contributed by atoms with Crippen LogP contribution in [0.3, 0.4) is 0 Å². The Kier molecular flexibility index (Phi) is 4.44. The van der Waals surface area contributed by atoms with Crippen LogP contribution in [0, 0.1) is 0 Å². The Bertz CT molecular complexity index is 677. The zero-order chi connectivity index (χ0) is 15.5. The third kappa shape index (κ3) is 3.15. The Balaban J connectivity index is 1.80. The number of ether oxygens (including phenoxy) is 1. The molecule has 1 N–H and O–H groups in total. The van der Waals surface area contributed by atoms with Crippen molar-refractivity contribution in [2.24, 2.45) is 0 Å². The molecule has 0 unspecified atom stereocenters. The molecule has 116 valence electrons. The number of rotatable bonds is 3. The Labute approximate surface area is 136 Å². The van der Waals surface area contributed by atoms with Gasteiger partial charge in [-0.3, -0.25) is 4.79 Å². The van der Waals surface area contributed by atoms with E-state index in [1.54, 1.807) is 6.07 Å². The van der Waals surface area contributed by atoms with Crippen LogP contribution in [0.1, 0.15) is 24.4 Å². The molecule has 2 aromatic rings. The average Bonchev–Trinajstić information content (AvgIpc) is 2.91. The summed E-state index contributed by atoms with van der Waals surface area (Å²) in [7, 11) is 0. The van der Waals surface area contributed by atoms with Gasteiger partial charge in [-0.15, -0.1) is 5.10 Å². The molecule has 1 atom stereocenters. The van der Waals surface area contributed by atoms with Gasteiger partial charge >= 0.3 is 0 Å². The van der Waals surface area contributed by atoms with Gasteiger partial charge in [-0.25, -0.2) is 4.68 Å². The SMILES string of the molecule is O=C(Cn1cnnn1)N[C@@H]1CCCOc2c1ccc(Cl)c2Cl. The summed E-state index contributed by atoms with van der Waals surface area (Å²) >= 11 is 12.2. The third-order valence-electron chi connectivity index (χ3n) is 3.37. The van der Waals surface area contributed by atoms with Gasteiger partial charge in [0.2, 0.25) is 5.91 Å². The highest BCUT2D eigenvalue weighted by atomic mass is 35.5. The second-order valence-electron chi connectivity index (χ2n) is 4.90. The van der Waals surface area contributed by atoms with Crippen molar-refractivity contribution in [1.82, 2.24) is 25.5 Å². The number of fused-ring (bicyclic) bond motifs is 1. The van der Waals surface area contributed by atoms with Crippen LogP contribution in [-0.2, 0) is 11.3 Å². The van der Waals surface area contributed by atoms with Gasteiger partial charge in [0, 0.05) is 5.56 Å². The van der Waals surface area contributed by atoms with Crippen LogP contribution in [0.4, 0.5) is 0 Å². The maximum absolute atomic E-state index is 12.1. The van der Waals surface area contributed by atoms with Crippen LogP contribution in [0.15, 0.2) is 18.5 Å². The molecule has 1 aliphatic rings. The van der Waals surface area contributed by atoms with Crippen molar-refractivity contribution in [3.8, 4) is 5.75 Å². The maximum atomic E-state index is 12.1. The third-order valence-corrected chi connectivity index (χ3v) is 4.16. The van der Waals surface area contributed by atoms with E-state index < -0.39 is 0 Å². The molecule has 3 rings (SSSR count). The second kappa shape index (κ2) is 6.50. The summed E-state index contributed by atoms with van der Waals surface area (Å²) in [5.41, 5.74) is 0.831. The van der Waals surface area contributed by atoms with E-state index >= 15 is 0 Å². The van der Waals surface area contributed by atoms with Gasteiger partial charge in [0.1, 0.15) is 23.6 Å². The highest BCUT2D eigenvalue weighted by molar-refractivity contribution is 6.43. The Hall–Kier alpha value is -1.86. The summed E-state index contributed by atoms with van der Waals surface area (Å²) in [6.45, 7) is 0.591. The van der Waals surface area contributed by atoms with Crippen molar-refractivity contribution in [1.29, 1.82) is 0 Å². The van der Waals surface area contributed by atoms with Crippen molar-refractivity contribution in [2.75, 3.05) is 6.61 Å². The van der Waals surface area contributed by atoms with Crippen LogP contribution in [0.5, 0.6) is 5.75 Å². The predicted molar refractivity (Wildman–Crippen MR) is 79.9 cm³/mol. The number of carbonyl (C=O) groups excluding carboxylic acids is 1. The van der Waals surface area contributed by atoms with Crippen molar-refractivity contribution in [2.45, 2.75) is 25.4 Å². The molecular formula is C13H13Cl2N5O2. The Morgan fingerprint density at radius 1 is 1.45 bits per heavy atom. The first-order valence-corrected chi connectivity index (χ1v) is 7.51. The van der Waals surface area contributed by atoms with Crippen LogP contribution >= 0.6 is 23.2 Å². The molecule has 7 nitrogen and oxygen atoms in total. The highest BCUT2D eigenvalue weighted by Gasteiger charge is 2.24. The van der Waals surface area contributed by atoms with Crippen LogP contribution < -0.4 is 10.1 Å². The van der Waals surface area contributed by atoms with Gasteiger partial charge in [0.25, 0.3) is 0 Å². The van der Waals surface area contributed by atoms with E-state index in [-0.39, 0.29) is 18.5 Å². The number of nitrogens with one attached hydrogen (secondary N) is 1. The van der Waals surface area contributed by atoms with Gasteiger partial charge in [-0.1, -0.05) is 29.3 Å². The normalized spacial score (nSPS) is 17.3. The number of nitrogens with zero attached hydrogens (tertiary/aromatic N) is 4. The number of hydrogen-bond donors (Lipinski definition) is 1. The van der Waals surface area contributed by atoms with E-state index in [9.17, 15) is 4.79 Å². The van der Waals surface area contributed by atoms with Crippen molar-refractivity contribution >= 4 is 29.1 Å². The minimum atomic E-state index is -0.184. The first-order valence-electron chi connectivity index (χ1n) is 6.76. The van der Waals surface area contributed by atoms with E-state index in [4.69, 9.17) is 27.9 Å². The molecule has 1 aromatic carbocycles. The highest BCUT2D eigenvalue weighted by Crippen LogP contribution is 2.40. The van der Waals surface area contributed by atoms with E-state index in [1.807, 2.05) is 6.07 Å². The second-order valence-corrected chi connectivity index (χ2v) is 5.68. The van der Waals surface area contributed by atoms with Gasteiger partial charge in [-0.2, -0.15) is 0 Å². The van der Waals surface area contributed by atoms with E-state index in [0.29, 0.717) is 22.4 Å². The first-order chi connectivity index (χ1) is 10.6. The molecular weight excluding hydrogens is 329 g/mol. The predicted octanol–water partition coefficient (Wildman–Crippen LogP) is 2.01.